The average Bonchev–Trinajstić information content (AvgIpc) is 3.10. The van der Waals surface area contributed by atoms with Gasteiger partial charge >= 0.3 is 0 Å². The molecule has 4 rings (SSSR count). The van der Waals surface area contributed by atoms with Crippen LogP contribution in [-0.4, -0.2) is 61.8 Å². The van der Waals surface area contributed by atoms with E-state index in [-0.39, 0.29) is 5.91 Å². The molecule has 3 aromatic rings. The van der Waals surface area contributed by atoms with Crippen LogP contribution in [-0.2, 0) is 0 Å². The van der Waals surface area contributed by atoms with E-state index in [1.165, 1.54) is 0 Å². The Hall–Kier alpha value is -2.87. The highest BCUT2D eigenvalue weighted by Crippen LogP contribution is 2.15. The molecule has 1 N–H and O–H groups in total. The monoisotopic (exact) mass is 309 g/mol. The van der Waals surface area contributed by atoms with Gasteiger partial charge in [0, 0.05) is 50.2 Å². The molecular weight excluding hydrogens is 294 g/mol. The molecule has 4 heterocycles. The number of carbonyl (C=O) groups is 1. The summed E-state index contributed by atoms with van der Waals surface area (Å²) in [7, 11) is 0. The standard InChI is InChI=1S/C15H15N7O/c23-15(21-7-5-16-6-8-21)13-2-1-12(19-20-13)11-9-17-14-3-4-18-22(14)10-11/h1-4,9-10,16H,5-8H2. The van der Waals surface area contributed by atoms with E-state index >= 15 is 0 Å². The number of fused-ring (bicyclic) bond motifs is 1. The second-order valence-corrected chi connectivity index (χ2v) is 5.32. The van der Waals surface area contributed by atoms with Crippen molar-refractivity contribution in [2.24, 2.45) is 0 Å². The van der Waals surface area contributed by atoms with Gasteiger partial charge in [-0.2, -0.15) is 5.10 Å². The highest BCUT2D eigenvalue weighted by molar-refractivity contribution is 5.92. The molecule has 0 aliphatic carbocycles. The summed E-state index contributed by atoms with van der Waals surface area (Å²) in [5, 5.41) is 15.6. The van der Waals surface area contributed by atoms with Gasteiger partial charge in [-0.15, -0.1) is 10.2 Å². The van der Waals surface area contributed by atoms with Crippen LogP contribution in [0.1, 0.15) is 10.5 Å². The number of carbonyl (C=O) groups excluding carboxylic acids is 1. The molecule has 0 bridgehead atoms. The third-order valence-corrected chi connectivity index (χ3v) is 3.83. The summed E-state index contributed by atoms with van der Waals surface area (Å²) >= 11 is 0. The lowest BCUT2D eigenvalue weighted by Gasteiger charge is -2.26. The van der Waals surface area contributed by atoms with E-state index in [1.54, 1.807) is 33.9 Å². The lowest BCUT2D eigenvalue weighted by atomic mass is 10.2. The molecule has 1 fully saturated rings. The molecule has 8 nitrogen and oxygen atoms in total. The Kier molecular flexibility index (Phi) is 3.43. The van der Waals surface area contributed by atoms with Crippen LogP contribution in [0.5, 0.6) is 0 Å². The fourth-order valence-electron chi connectivity index (χ4n) is 2.57. The Morgan fingerprint density at radius 3 is 2.78 bits per heavy atom. The molecule has 0 aromatic carbocycles. The molecule has 23 heavy (non-hydrogen) atoms. The summed E-state index contributed by atoms with van der Waals surface area (Å²) in [6.07, 6.45) is 5.25. The minimum Gasteiger partial charge on any atom is -0.335 e. The molecule has 1 aliphatic rings. The molecule has 0 atom stereocenters. The van der Waals surface area contributed by atoms with E-state index < -0.39 is 0 Å². The second kappa shape index (κ2) is 5.73. The molecule has 3 aromatic heterocycles. The van der Waals surface area contributed by atoms with E-state index in [4.69, 9.17) is 0 Å². The second-order valence-electron chi connectivity index (χ2n) is 5.32. The number of hydrogen-bond donors (Lipinski definition) is 1. The summed E-state index contributed by atoms with van der Waals surface area (Å²) in [6, 6.07) is 5.32. The number of nitrogens with zero attached hydrogens (tertiary/aromatic N) is 6. The van der Waals surface area contributed by atoms with E-state index in [0.717, 1.165) is 24.3 Å². The van der Waals surface area contributed by atoms with Crippen molar-refractivity contribution in [3.63, 3.8) is 0 Å². The zero-order chi connectivity index (χ0) is 15.6. The summed E-state index contributed by atoms with van der Waals surface area (Å²) in [6.45, 7) is 3.02. The van der Waals surface area contributed by atoms with Crippen molar-refractivity contribution in [2.45, 2.75) is 0 Å². The largest absolute Gasteiger partial charge is 0.335 e. The third kappa shape index (κ3) is 2.64. The first kappa shape index (κ1) is 13.8. The highest BCUT2D eigenvalue weighted by Gasteiger charge is 2.19. The zero-order valence-electron chi connectivity index (χ0n) is 12.4. The summed E-state index contributed by atoms with van der Waals surface area (Å²) in [5.41, 5.74) is 2.60. The zero-order valence-corrected chi connectivity index (χ0v) is 12.4. The minimum atomic E-state index is -0.0776. The Balaban J connectivity index is 1.58. The van der Waals surface area contributed by atoms with E-state index in [0.29, 0.717) is 24.5 Å². The first-order valence-corrected chi connectivity index (χ1v) is 7.45. The molecule has 8 heteroatoms. The Morgan fingerprint density at radius 1 is 1.13 bits per heavy atom. The number of amides is 1. The molecule has 1 amide bonds. The molecule has 0 unspecified atom stereocenters. The van der Waals surface area contributed by atoms with Crippen LogP contribution in [0, 0.1) is 0 Å². The number of aromatic nitrogens is 5. The van der Waals surface area contributed by atoms with Crippen LogP contribution in [0.4, 0.5) is 0 Å². The normalized spacial score (nSPS) is 15.0. The molecular formula is C15H15N7O. The van der Waals surface area contributed by atoms with Gasteiger partial charge in [-0.25, -0.2) is 9.50 Å². The van der Waals surface area contributed by atoms with Crippen molar-refractivity contribution < 1.29 is 4.79 Å². The minimum absolute atomic E-state index is 0.0776. The maximum Gasteiger partial charge on any atom is 0.274 e. The van der Waals surface area contributed by atoms with Crippen molar-refractivity contribution in [3.05, 3.63) is 42.5 Å². The first-order valence-electron chi connectivity index (χ1n) is 7.45. The van der Waals surface area contributed by atoms with Crippen molar-refractivity contribution in [2.75, 3.05) is 26.2 Å². The van der Waals surface area contributed by atoms with Crippen molar-refractivity contribution in [1.29, 1.82) is 0 Å². The Labute approximate surface area is 132 Å². The van der Waals surface area contributed by atoms with Crippen LogP contribution in [0.3, 0.4) is 0 Å². The Morgan fingerprint density at radius 2 is 2.00 bits per heavy atom. The maximum atomic E-state index is 12.4. The average molecular weight is 309 g/mol. The molecule has 1 aliphatic heterocycles. The molecule has 0 spiro atoms. The van der Waals surface area contributed by atoms with Gasteiger partial charge in [0.25, 0.3) is 5.91 Å². The molecule has 116 valence electrons. The predicted molar refractivity (Wildman–Crippen MR) is 82.8 cm³/mol. The summed E-state index contributed by atoms with van der Waals surface area (Å²) < 4.78 is 1.68. The van der Waals surface area contributed by atoms with Gasteiger partial charge in [-0.1, -0.05) is 0 Å². The topological polar surface area (TPSA) is 88.3 Å². The van der Waals surface area contributed by atoms with Crippen LogP contribution in [0.25, 0.3) is 16.9 Å². The van der Waals surface area contributed by atoms with E-state index in [9.17, 15) is 4.79 Å². The van der Waals surface area contributed by atoms with Crippen molar-refractivity contribution in [1.82, 2.24) is 35.0 Å². The SMILES string of the molecule is O=C(c1ccc(-c2cnc3ccnn3c2)nn1)N1CCNCC1. The number of piperazine rings is 1. The highest BCUT2D eigenvalue weighted by atomic mass is 16.2. The van der Waals surface area contributed by atoms with Gasteiger partial charge in [-0.05, 0) is 12.1 Å². The maximum absolute atomic E-state index is 12.4. The van der Waals surface area contributed by atoms with Gasteiger partial charge in [-0.3, -0.25) is 4.79 Å². The number of hydrogen-bond acceptors (Lipinski definition) is 6. The van der Waals surface area contributed by atoms with E-state index in [1.807, 2.05) is 12.3 Å². The molecule has 1 saturated heterocycles. The summed E-state index contributed by atoms with van der Waals surface area (Å²) in [4.78, 5) is 18.4. The van der Waals surface area contributed by atoms with Gasteiger partial charge in [0.1, 0.15) is 0 Å². The van der Waals surface area contributed by atoms with E-state index in [2.05, 4.69) is 25.6 Å². The quantitative estimate of drug-likeness (QED) is 0.729. The smallest absolute Gasteiger partial charge is 0.274 e. The van der Waals surface area contributed by atoms with Crippen LogP contribution in [0.2, 0.25) is 0 Å². The third-order valence-electron chi connectivity index (χ3n) is 3.83. The van der Waals surface area contributed by atoms with Gasteiger partial charge in [0.2, 0.25) is 0 Å². The van der Waals surface area contributed by atoms with Gasteiger partial charge in [0.15, 0.2) is 11.3 Å². The van der Waals surface area contributed by atoms with Crippen LogP contribution >= 0.6 is 0 Å². The summed E-state index contributed by atoms with van der Waals surface area (Å²) in [5.74, 6) is -0.0776. The van der Waals surface area contributed by atoms with Gasteiger partial charge in [0.05, 0.1) is 11.9 Å². The molecule has 0 saturated carbocycles. The predicted octanol–water partition coefficient (Wildman–Crippen LogP) is 0.232. The molecule has 0 radical (unpaired) electrons. The van der Waals surface area contributed by atoms with Crippen LogP contribution in [0.15, 0.2) is 36.8 Å². The number of nitrogens with one attached hydrogen (secondary N) is 1. The Bertz CT molecular complexity index is 836. The van der Waals surface area contributed by atoms with Crippen molar-refractivity contribution in [3.8, 4) is 11.3 Å². The number of rotatable bonds is 2. The van der Waals surface area contributed by atoms with Crippen LogP contribution < -0.4 is 5.32 Å². The first-order chi connectivity index (χ1) is 11.3. The fraction of sp³-hybridized carbons (Fsp3) is 0.267. The lowest BCUT2D eigenvalue weighted by Crippen LogP contribution is -2.46. The lowest BCUT2D eigenvalue weighted by molar-refractivity contribution is 0.0728. The fourth-order valence-corrected chi connectivity index (χ4v) is 2.57. The van der Waals surface area contributed by atoms with Crippen molar-refractivity contribution >= 4 is 11.6 Å². The van der Waals surface area contributed by atoms with Gasteiger partial charge < -0.3 is 10.2 Å².